The van der Waals surface area contributed by atoms with Gasteiger partial charge in [-0.1, -0.05) is 157 Å². The van der Waals surface area contributed by atoms with Crippen LogP contribution in [0, 0.1) is 5.41 Å². The SMILES string of the molecule is CC1(C)c2cc3c4ccccc4n(-c4cc(-c5nc(-c6ccccc6)cc(-c6ccccc6)n5)cc(-n5c6ccccc6c6ccccc65)c4)c3cc2C(C)(C)C1(C)C. The Balaban J connectivity index is 1.25. The van der Waals surface area contributed by atoms with Crippen LogP contribution in [0.5, 0.6) is 0 Å². The van der Waals surface area contributed by atoms with E-state index in [1.165, 1.54) is 43.7 Å². The van der Waals surface area contributed by atoms with Crippen LogP contribution in [-0.4, -0.2) is 19.1 Å². The van der Waals surface area contributed by atoms with E-state index in [0.717, 1.165) is 50.5 Å². The minimum atomic E-state index is -0.0448. The molecular formula is C55H46N4. The Labute approximate surface area is 345 Å². The fourth-order valence-electron chi connectivity index (χ4n) is 10.1. The first-order valence-corrected chi connectivity index (χ1v) is 20.8. The van der Waals surface area contributed by atoms with Gasteiger partial charge in [-0.15, -0.1) is 0 Å². The average molecular weight is 763 g/mol. The van der Waals surface area contributed by atoms with Gasteiger partial charge in [-0.05, 0) is 82.0 Å². The summed E-state index contributed by atoms with van der Waals surface area (Å²) >= 11 is 0. The van der Waals surface area contributed by atoms with Gasteiger partial charge in [0.15, 0.2) is 5.82 Å². The largest absolute Gasteiger partial charge is 0.309 e. The van der Waals surface area contributed by atoms with E-state index in [0.29, 0.717) is 5.82 Å². The Bertz CT molecular complexity index is 3180. The minimum Gasteiger partial charge on any atom is -0.309 e. The van der Waals surface area contributed by atoms with Gasteiger partial charge >= 0.3 is 0 Å². The Hall–Kier alpha value is -6.78. The van der Waals surface area contributed by atoms with Crippen LogP contribution in [0.4, 0.5) is 0 Å². The van der Waals surface area contributed by atoms with E-state index >= 15 is 0 Å². The first-order valence-electron chi connectivity index (χ1n) is 20.8. The van der Waals surface area contributed by atoms with Crippen LogP contribution >= 0.6 is 0 Å². The molecule has 4 nitrogen and oxygen atoms in total. The van der Waals surface area contributed by atoms with Crippen LogP contribution in [0.25, 0.3) is 88.9 Å². The highest BCUT2D eigenvalue weighted by molar-refractivity contribution is 6.11. The van der Waals surface area contributed by atoms with Crippen molar-refractivity contribution in [2.75, 3.05) is 0 Å². The third kappa shape index (κ3) is 5.08. The van der Waals surface area contributed by atoms with Gasteiger partial charge < -0.3 is 9.13 Å². The van der Waals surface area contributed by atoms with Gasteiger partial charge in [-0.25, -0.2) is 9.97 Å². The number of benzene rings is 7. The Morgan fingerprint density at radius 1 is 0.356 bits per heavy atom. The minimum absolute atomic E-state index is 0.00951. The summed E-state index contributed by atoms with van der Waals surface area (Å²) in [4.78, 5) is 10.7. The molecule has 3 aromatic heterocycles. The van der Waals surface area contributed by atoms with E-state index < -0.39 is 0 Å². The predicted octanol–water partition coefficient (Wildman–Crippen LogP) is 14.3. The molecule has 0 radical (unpaired) electrons. The average Bonchev–Trinajstić information content (AvgIpc) is 3.81. The number of hydrogen-bond donors (Lipinski definition) is 0. The highest BCUT2D eigenvalue weighted by atomic mass is 15.0. The van der Waals surface area contributed by atoms with Crippen LogP contribution in [0.2, 0.25) is 0 Å². The van der Waals surface area contributed by atoms with Crippen molar-refractivity contribution in [1.82, 2.24) is 19.1 Å². The van der Waals surface area contributed by atoms with Gasteiger partial charge in [0.05, 0.1) is 33.5 Å². The van der Waals surface area contributed by atoms with E-state index in [-0.39, 0.29) is 16.2 Å². The molecule has 0 fully saturated rings. The van der Waals surface area contributed by atoms with Crippen molar-refractivity contribution in [1.29, 1.82) is 0 Å². The van der Waals surface area contributed by atoms with Gasteiger partial charge in [-0.3, -0.25) is 0 Å². The zero-order valence-corrected chi connectivity index (χ0v) is 34.5. The predicted molar refractivity (Wildman–Crippen MR) is 247 cm³/mol. The van der Waals surface area contributed by atoms with Crippen LogP contribution in [0.1, 0.15) is 52.7 Å². The summed E-state index contributed by atoms with van der Waals surface area (Å²) in [5.74, 6) is 0.681. The molecule has 4 heteroatoms. The topological polar surface area (TPSA) is 35.6 Å². The summed E-state index contributed by atoms with van der Waals surface area (Å²) in [5.41, 5.74) is 14.5. The lowest BCUT2D eigenvalue weighted by Crippen LogP contribution is -2.42. The first-order chi connectivity index (χ1) is 28.5. The van der Waals surface area contributed by atoms with Crippen LogP contribution < -0.4 is 0 Å². The molecule has 0 bridgehead atoms. The third-order valence-electron chi connectivity index (χ3n) is 14.4. The number of nitrogens with zero attached hydrogens (tertiary/aromatic N) is 4. The van der Waals surface area contributed by atoms with Crippen molar-refractivity contribution in [3.05, 3.63) is 181 Å². The maximum atomic E-state index is 5.36. The summed E-state index contributed by atoms with van der Waals surface area (Å²) < 4.78 is 4.90. The molecule has 7 aromatic carbocycles. The number of aromatic nitrogens is 4. The maximum absolute atomic E-state index is 5.36. The Morgan fingerprint density at radius 2 is 0.763 bits per heavy atom. The fraction of sp³-hybridized carbons (Fsp3) is 0.164. The van der Waals surface area contributed by atoms with E-state index in [4.69, 9.17) is 9.97 Å². The zero-order chi connectivity index (χ0) is 40.3. The van der Waals surface area contributed by atoms with E-state index in [1.807, 2.05) is 0 Å². The third-order valence-corrected chi connectivity index (χ3v) is 14.4. The van der Waals surface area contributed by atoms with Crippen molar-refractivity contribution in [2.24, 2.45) is 5.41 Å². The number of rotatable bonds is 5. The van der Waals surface area contributed by atoms with Gasteiger partial charge in [0.1, 0.15) is 0 Å². The summed E-state index contributed by atoms with van der Waals surface area (Å²) in [5, 5.41) is 4.98. The zero-order valence-electron chi connectivity index (χ0n) is 34.5. The number of hydrogen-bond acceptors (Lipinski definition) is 2. The van der Waals surface area contributed by atoms with Crippen molar-refractivity contribution < 1.29 is 0 Å². The molecule has 10 aromatic rings. The van der Waals surface area contributed by atoms with Gasteiger partial charge in [0.2, 0.25) is 0 Å². The summed E-state index contributed by atoms with van der Waals surface area (Å²) in [6.07, 6.45) is 0. The molecule has 0 spiro atoms. The standard InChI is InChI=1S/C55H46N4/c1-53(2)44-32-43-42-25-15-18-28-50(42)59(51(43)33-45(44)54(3,4)55(53,5)6)39-30-37(29-38(31-39)58-48-26-16-13-23-40(48)41-24-14-17-27-49(41)58)52-56-46(35-19-9-7-10-20-35)34-47(57-52)36-21-11-8-12-22-36/h7-34H,1-6H3. The molecule has 286 valence electrons. The molecule has 0 N–H and O–H groups in total. The lowest BCUT2D eigenvalue weighted by atomic mass is 9.59. The summed E-state index contributed by atoms with van der Waals surface area (Å²) in [6.45, 7) is 14.6. The second-order valence-corrected chi connectivity index (χ2v) is 17.9. The molecule has 1 aliphatic rings. The second kappa shape index (κ2) is 12.6. The van der Waals surface area contributed by atoms with Crippen LogP contribution in [0.3, 0.4) is 0 Å². The van der Waals surface area contributed by atoms with Crippen molar-refractivity contribution in [2.45, 2.75) is 52.4 Å². The lowest BCUT2D eigenvalue weighted by molar-refractivity contribution is 0.125. The van der Waals surface area contributed by atoms with E-state index in [2.05, 4.69) is 221 Å². The number of para-hydroxylation sites is 3. The molecule has 0 saturated carbocycles. The highest BCUT2D eigenvalue weighted by Gasteiger charge is 2.57. The molecule has 3 heterocycles. The van der Waals surface area contributed by atoms with E-state index in [9.17, 15) is 0 Å². The molecule has 0 amide bonds. The maximum Gasteiger partial charge on any atom is 0.160 e. The van der Waals surface area contributed by atoms with Crippen molar-refractivity contribution >= 4 is 43.6 Å². The molecule has 11 rings (SSSR count). The Morgan fingerprint density at radius 3 is 1.25 bits per heavy atom. The van der Waals surface area contributed by atoms with Crippen molar-refractivity contribution in [3.63, 3.8) is 0 Å². The molecule has 0 aliphatic heterocycles. The lowest BCUT2D eigenvalue weighted by Gasteiger charge is -2.44. The van der Waals surface area contributed by atoms with Crippen LogP contribution in [-0.2, 0) is 10.8 Å². The molecule has 0 atom stereocenters. The molecular weight excluding hydrogens is 717 g/mol. The Kier molecular flexibility index (Phi) is 7.56. The van der Waals surface area contributed by atoms with Gasteiger partial charge in [0, 0.05) is 49.6 Å². The van der Waals surface area contributed by atoms with Crippen molar-refractivity contribution in [3.8, 4) is 45.3 Å². The van der Waals surface area contributed by atoms with Crippen LogP contribution in [0.15, 0.2) is 170 Å². The fourth-order valence-corrected chi connectivity index (χ4v) is 10.1. The summed E-state index contributed by atoms with van der Waals surface area (Å²) in [6, 6.07) is 61.3. The molecule has 0 saturated heterocycles. The normalized spacial score (nSPS) is 15.4. The number of fused-ring (bicyclic) bond motifs is 7. The highest BCUT2D eigenvalue weighted by Crippen LogP contribution is 2.62. The smallest absolute Gasteiger partial charge is 0.160 e. The molecule has 59 heavy (non-hydrogen) atoms. The van der Waals surface area contributed by atoms with Gasteiger partial charge in [-0.2, -0.15) is 0 Å². The quantitative estimate of drug-likeness (QED) is 0.175. The molecule has 1 aliphatic carbocycles. The van der Waals surface area contributed by atoms with Gasteiger partial charge in [0.25, 0.3) is 0 Å². The first kappa shape index (κ1) is 35.4. The monoisotopic (exact) mass is 762 g/mol. The summed E-state index contributed by atoms with van der Waals surface area (Å²) in [7, 11) is 0. The second-order valence-electron chi connectivity index (χ2n) is 17.9. The molecule has 0 unspecified atom stereocenters. The van der Waals surface area contributed by atoms with E-state index in [1.54, 1.807) is 0 Å².